The molecule has 2 N–H and O–H groups in total. The maximum absolute atomic E-state index is 5.97. The van der Waals surface area contributed by atoms with Gasteiger partial charge >= 0.3 is 0 Å². The van der Waals surface area contributed by atoms with E-state index in [1.54, 1.807) is 0 Å². The van der Waals surface area contributed by atoms with Crippen LogP contribution in [0, 0.1) is 0 Å². The predicted octanol–water partition coefficient (Wildman–Crippen LogP) is 4.49. The van der Waals surface area contributed by atoms with Crippen molar-refractivity contribution in [2.75, 3.05) is 5.73 Å². The zero-order valence-electron chi connectivity index (χ0n) is 11.4. The summed E-state index contributed by atoms with van der Waals surface area (Å²) in [5.74, 6) is 0. The topological polar surface area (TPSA) is 30.9 Å². The standard InChI is InChI=1S/C17H17ClN2/c1-2-13-4-3-5-14-8-9-20(17(13)14)11-12-6-7-15(18)16(19)10-12/h3-10H,2,11,19H2,1H3. The smallest absolute Gasteiger partial charge is 0.0635 e. The van der Waals surface area contributed by atoms with Crippen molar-refractivity contribution in [2.24, 2.45) is 0 Å². The summed E-state index contributed by atoms with van der Waals surface area (Å²) < 4.78 is 2.27. The normalized spacial score (nSPS) is 11.1. The molecule has 1 heterocycles. The van der Waals surface area contributed by atoms with Crippen molar-refractivity contribution in [2.45, 2.75) is 19.9 Å². The van der Waals surface area contributed by atoms with E-state index >= 15 is 0 Å². The Balaban J connectivity index is 2.04. The number of hydrogen-bond acceptors (Lipinski definition) is 1. The number of aromatic nitrogens is 1. The van der Waals surface area contributed by atoms with Crippen molar-refractivity contribution >= 4 is 28.2 Å². The lowest BCUT2D eigenvalue weighted by molar-refractivity contribution is 0.832. The first-order valence-electron chi connectivity index (χ1n) is 6.79. The number of hydrogen-bond donors (Lipinski definition) is 1. The molecule has 2 nitrogen and oxygen atoms in total. The highest BCUT2D eigenvalue weighted by atomic mass is 35.5. The molecule has 0 fully saturated rings. The van der Waals surface area contributed by atoms with Crippen LogP contribution in [0.3, 0.4) is 0 Å². The number of rotatable bonds is 3. The van der Waals surface area contributed by atoms with Gasteiger partial charge in [0, 0.05) is 12.7 Å². The summed E-state index contributed by atoms with van der Waals surface area (Å²) in [5, 5.41) is 1.90. The third-order valence-electron chi connectivity index (χ3n) is 3.67. The highest BCUT2D eigenvalue weighted by Crippen LogP contribution is 2.24. The molecule has 0 radical (unpaired) electrons. The Morgan fingerprint density at radius 2 is 2.00 bits per heavy atom. The Kier molecular flexibility index (Phi) is 3.41. The Bertz CT molecular complexity index is 759. The first kappa shape index (κ1) is 13.1. The summed E-state index contributed by atoms with van der Waals surface area (Å²) in [6, 6.07) is 14.5. The molecule has 0 bridgehead atoms. The fraction of sp³-hybridized carbons (Fsp3) is 0.176. The number of benzene rings is 2. The largest absolute Gasteiger partial charge is 0.398 e. The number of nitrogens with two attached hydrogens (primary N) is 1. The van der Waals surface area contributed by atoms with Crippen LogP contribution >= 0.6 is 11.6 Å². The van der Waals surface area contributed by atoms with Crippen molar-refractivity contribution in [3.8, 4) is 0 Å². The van der Waals surface area contributed by atoms with Crippen LogP contribution in [0.4, 0.5) is 5.69 Å². The minimum Gasteiger partial charge on any atom is -0.398 e. The molecule has 0 unspecified atom stereocenters. The van der Waals surface area contributed by atoms with Crippen LogP contribution in [0.2, 0.25) is 5.02 Å². The number of aryl methyl sites for hydroxylation is 1. The van der Waals surface area contributed by atoms with E-state index in [0.717, 1.165) is 18.5 Å². The molecule has 20 heavy (non-hydrogen) atoms. The molecule has 3 heteroatoms. The van der Waals surface area contributed by atoms with Gasteiger partial charge in [0.1, 0.15) is 0 Å². The molecule has 2 aromatic carbocycles. The van der Waals surface area contributed by atoms with Gasteiger partial charge in [-0.1, -0.05) is 42.8 Å². The quantitative estimate of drug-likeness (QED) is 0.706. The van der Waals surface area contributed by atoms with Gasteiger partial charge < -0.3 is 10.3 Å². The molecule has 3 rings (SSSR count). The summed E-state index contributed by atoms with van der Waals surface area (Å²) >= 11 is 5.97. The van der Waals surface area contributed by atoms with E-state index in [1.165, 1.54) is 16.5 Å². The maximum atomic E-state index is 5.97. The van der Waals surface area contributed by atoms with Crippen LogP contribution in [-0.2, 0) is 13.0 Å². The summed E-state index contributed by atoms with van der Waals surface area (Å²) in [6.45, 7) is 2.99. The lowest BCUT2D eigenvalue weighted by Gasteiger charge is -2.10. The van der Waals surface area contributed by atoms with Gasteiger partial charge in [0.25, 0.3) is 0 Å². The van der Waals surface area contributed by atoms with Crippen LogP contribution in [0.15, 0.2) is 48.7 Å². The van der Waals surface area contributed by atoms with Crippen molar-refractivity contribution in [3.63, 3.8) is 0 Å². The van der Waals surface area contributed by atoms with Gasteiger partial charge in [-0.15, -0.1) is 0 Å². The second kappa shape index (κ2) is 5.22. The van der Waals surface area contributed by atoms with Gasteiger partial charge in [-0.3, -0.25) is 0 Å². The van der Waals surface area contributed by atoms with Crippen LogP contribution < -0.4 is 5.73 Å². The molecule has 0 aliphatic carbocycles. The Morgan fingerprint density at radius 1 is 1.15 bits per heavy atom. The van der Waals surface area contributed by atoms with E-state index in [4.69, 9.17) is 17.3 Å². The first-order valence-corrected chi connectivity index (χ1v) is 7.17. The molecular weight excluding hydrogens is 268 g/mol. The van der Waals surface area contributed by atoms with E-state index in [0.29, 0.717) is 10.7 Å². The van der Waals surface area contributed by atoms with Gasteiger partial charge in [-0.2, -0.15) is 0 Å². The molecule has 0 aliphatic heterocycles. The highest BCUT2D eigenvalue weighted by Gasteiger charge is 2.06. The van der Waals surface area contributed by atoms with Gasteiger partial charge in [0.15, 0.2) is 0 Å². The number of anilines is 1. The van der Waals surface area contributed by atoms with E-state index in [9.17, 15) is 0 Å². The second-order valence-corrected chi connectivity index (χ2v) is 5.42. The average molecular weight is 285 g/mol. The predicted molar refractivity (Wildman–Crippen MR) is 86.3 cm³/mol. The second-order valence-electron chi connectivity index (χ2n) is 5.01. The molecule has 0 saturated carbocycles. The molecule has 102 valence electrons. The lowest BCUT2D eigenvalue weighted by Crippen LogP contribution is -2.01. The molecular formula is C17H17ClN2. The number of halogens is 1. The summed E-state index contributed by atoms with van der Waals surface area (Å²) in [5.41, 5.74) is 10.4. The average Bonchev–Trinajstić information content (AvgIpc) is 2.86. The van der Waals surface area contributed by atoms with Crippen LogP contribution in [0.25, 0.3) is 10.9 Å². The molecule has 0 amide bonds. The van der Waals surface area contributed by atoms with E-state index in [1.807, 2.05) is 18.2 Å². The SMILES string of the molecule is CCc1cccc2ccn(Cc3ccc(Cl)c(N)c3)c12. The Labute approximate surface area is 123 Å². The van der Waals surface area contributed by atoms with E-state index in [2.05, 4.69) is 42.0 Å². The molecule has 0 aliphatic rings. The molecule has 0 spiro atoms. The van der Waals surface area contributed by atoms with Crippen LogP contribution in [0.5, 0.6) is 0 Å². The number of para-hydroxylation sites is 1. The fourth-order valence-electron chi connectivity index (χ4n) is 2.65. The molecule has 1 aromatic heterocycles. The fourth-order valence-corrected chi connectivity index (χ4v) is 2.76. The van der Waals surface area contributed by atoms with Gasteiger partial charge in [-0.25, -0.2) is 0 Å². The lowest BCUT2D eigenvalue weighted by atomic mass is 10.1. The van der Waals surface area contributed by atoms with Crippen molar-refractivity contribution in [1.29, 1.82) is 0 Å². The minimum absolute atomic E-state index is 0.611. The van der Waals surface area contributed by atoms with Crippen molar-refractivity contribution < 1.29 is 0 Å². The zero-order chi connectivity index (χ0) is 14.1. The monoisotopic (exact) mass is 284 g/mol. The first-order chi connectivity index (χ1) is 9.69. The molecule has 0 saturated heterocycles. The van der Waals surface area contributed by atoms with Crippen molar-refractivity contribution in [3.05, 3.63) is 64.8 Å². The number of nitrogens with zero attached hydrogens (tertiary/aromatic N) is 1. The van der Waals surface area contributed by atoms with E-state index < -0.39 is 0 Å². The van der Waals surface area contributed by atoms with Crippen LogP contribution in [-0.4, -0.2) is 4.57 Å². The van der Waals surface area contributed by atoms with Gasteiger partial charge in [0.2, 0.25) is 0 Å². The van der Waals surface area contributed by atoms with Gasteiger partial charge in [-0.05, 0) is 41.1 Å². The minimum atomic E-state index is 0.611. The molecule has 0 atom stereocenters. The molecule has 3 aromatic rings. The Morgan fingerprint density at radius 3 is 2.75 bits per heavy atom. The highest BCUT2D eigenvalue weighted by molar-refractivity contribution is 6.33. The number of fused-ring (bicyclic) bond motifs is 1. The zero-order valence-corrected chi connectivity index (χ0v) is 12.2. The van der Waals surface area contributed by atoms with Crippen LogP contribution in [0.1, 0.15) is 18.1 Å². The third-order valence-corrected chi connectivity index (χ3v) is 4.01. The van der Waals surface area contributed by atoms with Gasteiger partial charge in [0.05, 0.1) is 16.2 Å². The summed E-state index contributed by atoms with van der Waals surface area (Å²) in [7, 11) is 0. The summed E-state index contributed by atoms with van der Waals surface area (Å²) in [4.78, 5) is 0. The third kappa shape index (κ3) is 2.27. The maximum Gasteiger partial charge on any atom is 0.0635 e. The Hall–Kier alpha value is -1.93. The van der Waals surface area contributed by atoms with Crippen molar-refractivity contribution in [1.82, 2.24) is 4.57 Å². The van der Waals surface area contributed by atoms with E-state index in [-0.39, 0.29) is 0 Å². The summed E-state index contributed by atoms with van der Waals surface area (Å²) in [6.07, 6.45) is 3.17. The number of nitrogen functional groups attached to an aromatic ring is 1.